The fourth-order valence-corrected chi connectivity index (χ4v) is 2.30. The third kappa shape index (κ3) is 4.10. The van der Waals surface area contributed by atoms with Crippen LogP contribution < -0.4 is 10.5 Å². The maximum absolute atomic E-state index is 12.2. The van der Waals surface area contributed by atoms with Gasteiger partial charge in [0.25, 0.3) is 0 Å². The molecule has 0 bridgehead atoms. The molecule has 0 amide bonds. The first-order valence-electron chi connectivity index (χ1n) is 7.31. The molecule has 0 aliphatic carbocycles. The Balaban J connectivity index is 1.92. The fraction of sp³-hybridized carbons (Fsp3) is 0.222. The lowest BCUT2D eigenvalue weighted by atomic mass is 10.0. The van der Waals surface area contributed by atoms with Crippen molar-refractivity contribution >= 4 is 17.3 Å². The monoisotopic (exact) mass is 313 g/mol. The molecule has 0 aromatic heterocycles. The van der Waals surface area contributed by atoms with Crippen LogP contribution in [0.3, 0.4) is 0 Å². The average molecular weight is 313 g/mol. The quantitative estimate of drug-likeness (QED) is 0.605. The van der Waals surface area contributed by atoms with E-state index in [1.165, 1.54) is 19.2 Å². The molecule has 2 aromatic carbocycles. The van der Waals surface area contributed by atoms with E-state index in [2.05, 4.69) is 0 Å². The number of ether oxygens (including phenoxy) is 1. The molecule has 0 heterocycles. The summed E-state index contributed by atoms with van der Waals surface area (Å²) in [6.45, 7) is 0. The van der Waals surface area contributed by atoms with E-state index in [0.29, 0.717) is 29.0 Å². The number of hydrogen-bond acceptors (Lipinski definition) is 5. The van der Waals surface area contributed by atoms with Gasteiger partial charge in [0, 0.05) is 24.0 Å². The Hall–Kier alpha value is -2.82. The molecule has 0 aliphatic rings. The van der Waals surface area contributed by atoms with Gasteiger partial charge in [-0.1, -0.05) is 6.07 Å². The highest BCUT2D eigenvalue weighted by Gasteiger charge is 2.14. The van der Waals surface area contributed by atoms with Crippen molar-refractivity contribution in [2.24, 2.45) is 0 Å². The van der Waals surface area contributed by atoms with Gasteiger partial charge < -0.3 is 15.6 Å². The zero-order valence-corrected chi connectivity index (χ0v) is 12.9. The number of nitrogen functional groups attached to an aromatic ring is 1. The van der Waals surface area contributed by atoms with Gasteiger partial charge >= 0.3 is 0 Å². The van der Waals surface area contributed by atoms with Crippen molar-refractivity contribution < 1.29 is 19.4 Å². The second-order valence-corrected chi connectivity index (χ2v) is 5.17. The molecule has 23 heavy (non-hydrogen) atoms. The fourth-order valence-electron chi connectivity index (χ4n) is 2.30. The number of carbonyl (C=O) groups excluding carboxylic acids is 2. The summed E-state index contributed by atoms with van der Waals surface area (Å²) in [5.74, 6) is 0.414. The number of phenolic OH excluding ortho intramolecular Hbond substituents is 1. The molecule has 3 N–H and O–H groups in total. The first-order chi connectivity index (χ1) is 11.0. The SMILES string of the molecule is COc1cccc(C(=O)CCCC(=O)c2ccc(O)cc2)c1N. The molecule has 5 heteroatoms. The number of anilines is 1. The number of Topliss-reactive ketones (excluding diaryl/α,β-unsaturated/α-hetero) is 2. The van der Waals surface area contributed by atoms with E-state index in [0.717, 1.165) is 0 Å². The lowest BCUT2D eigenvalue weighted by Gasteiger charge is -2.09. The highest BCUT2D eigenvalue weighted by atomic mass is 16.5. The van der Waals surface area contributed by atoms with Gasteiger partial charge in [0.15, 0.2) is 11.6 Å². The first kappa shape index (κ1) is 16.5. The molecule has 2 aromatic rings. The van der Waals surface area contributed by atoms with Crippen molar-refractivity contribution in [3.05, 3.63) is 53.6 Å². The summed E-state index contributed by atoms with van der Waals surface area (Å²) < 4.78 is 5.09. The van der Waals surface area contributed by atoms with Crippen molar-refractivity contribution in [3.63, 3.8) is 0 Å². The van der Waals surface area contributed by atoms with Gasteiger partial charge in [0.05, 0.1) is 12.8 Å². The summed E-state index contributed by atoms with van der Waals surface area (Å²) in [5.41, 5.74) is 7.16. The van der Waals surface area contributed by atoms with Gasteiger partial charge in [-0.2, -0.15) is 0 Å². The van der Waals surface area contributed by atoms with Crippen molar-refractivity contribution in [2.45, 2.75) is 19.3 Å². The van der Waals surface area contributed by atoms with Gasteiger partial charge in [0.2, 0.25) is 0 Å². The maximum Gasteiger partial charge on any atom is 0.165 e. The first-order valence-corrected chi connectivity index (χ1v) is 7.31. The summed E-state index contributed by atoms with van der Waals surface area (Å²) in [4.78, 5) is 24.2. The molecule has 0 fully saturated rings. The Morgan fingerprint density at radius 1 is 1.04 bits per heavy atom. The van der Waals surface area contributed by atoms with Crippen molar-refractivity contribution in [2.75, 3.05) is 12.8 Å². The Morgan fingerprint density at radius 3 is 2.35 bits per heavy atom. The Labute approximate surface area is 134 Å². The number of benzene rings is 2. The van der Waals surface area contributed by atoms with E-state index >= 15 is 0 Å². The van der Waals surface area contributed by atoms with E-state index in [4.69, 9.17) is 10.5 Å². The molecule has 0 radical (unpaired) electrons. The van der Waals surface area contributed by atoms with Crippen LogP contribution in [-0.4, -0.2) is 23.8 Å². The van der Waals surface area contributed by atoms with Crippen molar-refractivity contribution in [1.29, 1.82) is 0 Å². The third-order valence-corrected chi connectivity index (χ3v) is 3.58. The normalized spacial score (nSPS) is 10.3. The minimum absolute atomic E-state index is 0.0589. The lowest BCUT2D eigenvalue weighted by molar-refractivity contribution is 0.0957. The van der Waals surface area contributed by atoms with Crippen LogP contribution in [0.1, 0.15) is 40.0 Å². The van der Waals surface area contributed by atoms with Gasteiger partial charge in [-0.3, -0.25) is 9.59 Å². The maximum atomic E-state index is 12.2. The van der Waals surface area contributed by atoms with Crippen molar-refractivity contribution in [3.8, 4) is 11.5 Å². The number of rotatable bonds is 7. The summed E-state index contributed by atoms with van der Waals surface area (Å²) in [6, 6.07) is 11.1. The number of hydrogen-bond donors (Lipinski definition) is 2. The van der Waals surface area contributed by atoms with E-state index in [9.17, 15) is 14.7 Å². The topological polar surface area (TPSA) is 89.6 Å². The zero-order valence-electron chi connectivity index (χ0n) is 12.9. The summed E-state index contributed by atoms with van der Waals surface area (Å²) in [5, 5.41) is 9.20. The summed E-state index contributed by atoms with van der Waals surface area (Å²) in [6.07, 6.45) is 0.941. The number of methoxy groups -OCH3 is 1. The number of aromatic hydroxyl groups is 1. The Kier molecular flexibility index (Phi) is 5.36. The Morgan fingerprint density at radius 2 is 1.70 bits per heavy atom. The van der Waals surface area contributed by atoms with Gasteiger partial charge in [-0.15, -0.1) is 0 Å². The molecular formula is C18H19NO4. The van der Waals surface area contributed by atoms with Crippen LogP contribution in [0.5, 0.6) is 11.5 Å². The van der Waals surface area contributed by atoms with Crippen LogP contribution in [0.2, 0.25) is 0 Å². The zero-order chi connectivity index (χ0) is 16.8. The molecular weight excluding hydrogens is 294 g/mol. The number of phenols is 1. The number of para-hydroxylation sites is 1. The van der Waals surface area contributed by atoms with Crippen LogP contribution in [0, 0.1) is 0 Å². The van der Waals surface area contributed by atoms with Crippen LogP contribution in [0.4, 0.5) is 5.69 Å². The molecule has 5 nitrogen and oxygen atoms in total. The predicted molar refractivity (Wildman–Crippen MR) is 88.0 cm³/mol. The van der Waals surface area contributed by atoms with Gasteiger partial charge in [-0.05, 0) is 42.8 Å². The highest BCUT2D eigenvalue weighted by Crippen LogP contribution is 2.26. The minimum atomic E-state index is -0.111. The molecule has 0 saturated heterocycles. The van der Waals surface area contributed by atoms with E-state index in [-0.39, 0.29) is 30.2 Å². The second kappa shape index (κ2) is 7.45. The van der Waals surface area contributed by atoms with E-state index in [1.807, 2.05) is 0 Å². The van der Waals surface area contributed by atoms with Crippen LogP contribution in [-0.2, 0) is 0 Å². The molecule has 0 aliphatic heterocycles. The molecule has 0 spiro atoms. The van der Waals surface area contributed by atoms with Gasteiger partial charge in [-0.25, -0.2) is 0 Å². The lowest BCUT2D eigenvalue weighted by Crippen LogP contribution is -2.06. The van der Waals surface area contributed by atoms with Gasteiger partial charge in [0.1, 0.15) is 11.5 Å². The largest absolute Gasteiger partial charge is 0.508 e. The summed E-state index contributed by atoms with van der Waals surface area (Å²) >= 11 is 0. The van der Waals surface area contributed by atoms with Crippen LogP contribution >= 0.6 is 0 Å². The third-order valence-electron chi connectivity index (χ3n) is 3.58. The molecule has 0 atom stereocenters. The predicted octanol–water partition coefficient (Wildman–Crippen LogP) is 3.22. The van der Waals surface area contributed by atoms with Crippen molar-refractivity contribution in [1.82, 2.24) is 0 Å². The molecule has 2 rings (SSSR count). The van der Waals surface area contributed by atoms with E-state index in [1.54, 1.807) is 30.3 Å². The van der Waals surface area contributed by atoms with Crippen LogP contribution in [0.15, 0.2) is 42.5 Å². The number of nitrogens with two attached hydrogens (primary N) is 1. The average Bonchev–Trinajstić information content (AvgIpc) is 2.55. The standard InChI is InChI=1S/C18H19NO4/c1-23-17-7-2-4-14(18(17)19)16(22)6-3-5-15(21)12-8-10-13(20)11-9-12/h2,4,7-11,20H,3,5-6,19H2,1H3. The highest BCUT2D eigenvalue weighted by molar-refractivity contribution is 6.02. The second-order valence-electron chi connectivity index (χ2n) is 5.17. The smallest absolute Gasteiger partial charge is 0.165 e. The molecule has 0 unspecified atom stereocenters. The summed E-state index contributed by atoms with van der Waals surface area (Å²) in [7, 11) is 1.50. The molecule has 0 saturated carbocycles. The number of ketones is 2. The number of carbonyl (C=O) groups is 2. The van der Waals surface area contributed by atoms with E-state index < -0.39 is 0 Å². The Bertz CT molecular complexity index is 707. The van der Waals surface area contributed by atoms with Crippen LogP contribution in [0.25, 0.3) is 0 Å². The molecule has 120 valence electrons. The minimum Gasteiger partial charge on any atom is -0.508 e.